The van der Waals surface area contributed by atoms with Gasteiger partial charge in [-0.2, -0.15) is 0 Å². The van der Waals surface area contributed by atoms with Crippen molar-refractivity contribution in [2.75, 3.05) is 80.8 Å². The number of aryl methyl sites for hydroxylation is 1. The first kappa shape index (κ1) is 90.0. The lowest BCUT2D eigenvalue weighted by Gasteiger charge is -2.37. The fraction of sp³-hybridized carbons (Fsp3) is 0.553. The monoisotopic (exact) mass is 1630 g/mol. The van der Waals surface area contributed by atoms with Gasteiger partial charge in [0.25, 0.3) is 0 Å². The van der Waals surface area contributed by atoms with E-state index in [0.717, 1.165) is 46.4 Å². The average Bonchev–Trinajstić information content (AvgIpc) is 1.62. The number of Topliss-reactive ketones (excluding diaryl/α,β-unsaturated/α-hetero) is 1. The second kappa shape index (κ2) is 42.3. The number of carbonyl (C=O) groups is 12. The fourth-order valence-electron chi connectivity index (χ4n) is 16.0. The highest BCUT2D eigenvalue weighted by Gasteiger charge is 2.50. The number of fused-ring (bicyclic) bond motifs is 16. The number of likely N-dealkylation sites (N-methyl/N-ethyl adjacent to an activating group) is 1. The van der Waals surface area contributed by atoms with Crippen LogP contribution in [0.4, 0.5) is 4.39 Å². The van der Waals surface area contributed by atoms with Crippen LogP contribution >= 0.6 is 0 Å². The predicted molar refractivity (Wildman–Crippen MR) is 425 cm³/mol. The molecule has 4 aromatic carbocycles. The number of ether oxygens (including phenoxy) is 3. The van der Waals surface area contributed by atoms with E-state index in [-0.39, 0.29) is 121 Å². The lowest BCUT2D eigenvalue weighted by molar-refractivity contribution is -0.890. The summed E-state index contributed by atoms with van der Waals surface area (Å²) in [4.78, 5) is 183. The number of rotatable bonds is 16. The Labute approximate surface area is 683 Å². The quantitative estimate of drug-likeness (QED) is 0.0488. The van der Waals surface area contributed by atoms with Gasteiger partial charge in [-0.05, 0) is 149 Å². The van der Waals surface area contributed by atoms with Crippen molar-refractivity contribution in [1.29, 1.82) is 0 Å². The summed E-state index contributed by atoms with van der Waals surface area (Å²) in [5.74, 6) is -8.60. The Morgan fingerprint density at radius 3 is 2.14 bits per heavy atom. The van der Waals surface area contributed by atoms with Crippen molar-refractivity contribution < 1.29 is 98.1 Å². The summed E-state index contributed by atoms with van der Waals surface area (Å²) in [6.07, 6.45) is 2.80. The van der Waals surface area contributed by atoms with Crippen LogP contribution in [0.3, 0.4) is 0 Å². The number of benzene rings is 4. The Hall–Kier alpha value is -9.88. The third kappa shape index (κ3) is 24.6. The Morgan fingerprint density at radius 1 is 0.672 bits per heavy atom. The van der Waals surface area contributed by atoms with Crippen LogP contribution in [0.15, 0.2) is 97.2 Å². The zero-order valence-electron chi connectivity index (χ0n) is 67.7. The van der Waals surface area contributed by atoms with Gasteiger partial charge >= 0.3 is 0 Å². The van der Waals surface area contributed by atoms with Gasteiger partial charge in [0, 0.05) is 115 Å². The van der Waals surface area contributed by atoms with E-state index in [1.165, 1.54) is 38.0 Å². The second-order valence-electron chi connectivity index (χ2n) is 32.1. The average molecular weight is 1630 g/mol. The highest BCUT2D eigenvalue weighted by molar-refractivity contribution is 6.00. The van der Waals surface area contributed by atoms with Crippen molar-refractivity contribution in [3.63, 3.8) is 0 Å². The van der Waals surface area contributed by atoms with Crippen molar-refractivity contribution in [3.05, 3.63) is 136 Å². The van der Waals surface area contributed by atoms with Crippen LogP contribution in [0, 0.1) is 5.82 Å². The topological polar surface area (TPSA) is 364 Å². The number of ketones is 1. The van der Waals surface area contributed by atoms with E-state index in [4.69, 9.17) is 14.2 Å². The minimum Gasteiger partial charge on any atom is -1.00 e. The molecule has 0 aliphatic carbocycles. The van der Waals surface area contributed by atoms with Crippen molar-refractivity contribution in [2.24, 2.45) is 0 Å². The molecular weight excluding hydrogens is 1510 g/mol. The molecule has 630 valence electrons. The number of aliphatic hydroxyl groups is 1. The van der Waals surface area contributed by atoms with Gasteiger partial charge < -0.3 is 98.0 Å². The summed E-state index contributed by atoms with van der Waals surface area (Å²) in [5, 5.41) is 34.6. The molecule has 5 aromatic rings. The van der Waals surface area contributed by atoms with Gasteiger partial charge in [-0.15, -0.1) is 0 Å². The SMILES string of the molecule is COCC[N+](C)(C)CCCCCC(=O)CC[C@H]1NC(=O)[C@H](C)NC(=O)CCC(=O)N2CCCCCCn3cc(c4cc(F)ccc43)C[C@@H]3NC(=O)[C@H](Cc4cccc(c4)CNC(=O)CO[C@H]4CCN(C3=O)[C@@H]4C(=O)N[C@@H]([C@@H](C)O)C(=O)N[C@@H](Cc3ccc(OC)cc3)C(=O)N3CCC[C@@]3(C)C(=O)NCCc3ccc(cc3)C2)NC1=O.[Cl-]. The smallest absolute Gasteiger partial charge is 0.246 e. The molecule has 31 heteroatoms. The fourth-order valence-corrected chi connectivity index (χ4v) is 16.0. The van der Waals surface area contributed by atoms with Crippen LogP contribution in [-0.4, -0.2) is 240 Å². The first-order chi connectivity index (χ1) is 55.1. The lowest BCUT2D eigenvalue weighted by Crippen LogP contribution is -3.00. The zero-order valence-corrected chi connectivity index (χ0v) is 68.5. The number of halogens is 2. The molecule has 10 atom stereocenters. The summed E-state index contributed by atoms with van der Waals surface area (Å²) in [5.41, 5.74) is 2.80. The van der Waals surface area contributed by atoms with E-state index in [2.05, 4.69) is 56.6 Å². The maximum Gasteiger partial charge on any atom is 0.246 e. The second-order valence-corrected chi connectivity index (χ2v) is 32.1. The molecule has 6 aliphatic rings. The zero-order chi connectivity index (χ0) is 82.5. The van der Waals surface area contributed by atoms with Crippen molar-refractivity contribution in [1.82, 2.24) is 61.8 Å². The molecule has 0 radical (unpaired) electrons. The molecule has 1 aromatic heterocycles. The Morgan fingerprint density at radius 2 is 1.40 bits per heavy atom. The summed E-state index contributed by atoms with van der Waals surface area (Å²) in [7, 11) is 7.36. The summed E-state index contributed by atoms with van der Waals surface area (Å²) >= 11 is 0. The van der Waals surface area contributed by atoms with E-state index < -0.39 is 132 Å². The number of hydrogen-bond donors (Lipinski definition) is 9. The van der Waals surface area contributed by atoms with Gasteiger partial charge in [0.05, 0.1) is 46.6 Å². The Bertz CT molecular complexity index is 4300. The molecule has 2 fully saturated rings. The number of nitrogens with zero attached hydrogens (tertiary/aromatic N) is 5. The number of amides is 11. The highest BCUT2D eigenvalue weighted by Crippen LogP contribution is 2.33. The van der Waals surface area contributed by atoms with E-state index >= 15 is 33.2 Å². The van der Waals surface area contributed by atoms with Gasteiger partial charge in [-0.3, -0.25) is 57.5 Å². The summed E-state index contributed by atoms with van der Waals surface area (Å²) in [6, 6.07) is 14.3. The first-order valence-corrected chi connectivity index (χ1v) is 40.5. The van der Waals surface area contributed by atoms with Crippen molar-refractivity contribution >= 4 is 81.7 Å². The van der Waals surface area contributed by atoms with Crippen LogP contribution in [0.2, 0.25) is 0 Å². The molecule has 0 saturated carbocycles. The molecule has 29 nitrogen and oxygen atoms in total. The van der Waals surface area contributed by atoms with Gasteiger partial charge in [0.15, 0.2) is 0 Å². The Kier molecular flexibility index (Phi) is 32.8. The highest BCUT2D eigenvalue weighted by atomic mass is 35.5. The van der Waals surface area contributed by atoms with Gasteiger partial charge in [0.1, 0.15) is 78.3 Å². The van der Waals surface area contributed by atoms with Crippen LogP contribution < -0.4 is 59.7 Å². The molecular formula is C85H115ClFN13O16. The molecule has 12 bridgehead atoms. The molecule has 11 amide bonds. The molecule has 9 N–H and O–H groups in total. The van der Waals surface area contributed by atoms with Crippen LogP contribution in [0.5, 0.6) is 5.75 Å². The normalized spacial score (nSPS) is 24.4. The number of methoxy groups -OCH3 is 2. The first-order valence-electron chi connectivity index (χ1n) is 40.5. The minimum atomic E-state index is -1.85. The Balaban J connectivity index is 0.0000154. The van der Waals surface area contributed by atoms with E-state index in [0.29, 0.717) is 104 Å². The standard InChI is InChI=1S/C85H114FN13O16.ClH/c1-54-77(105)90-66(30-27-63(101)19-11-10-14-42-99(4,5)43-44-113-6)78(106)91-67-47-59-17-15-18-60(45-59)50-88-73(103)53-115-71-35-41-97-76(71)81(109)94-75(55(2)100)80(108)93-68(46-57-24-28-64(114-7)29-25-57)83(111)98-40-16-36-85(98,3)84(112)87-37-34-56-20-22-58(23-21-56)51-96(74(104)33-32-72(102)89-54)39-13-9-8-12-38-95-52-61(48-69(82(97)110)92-79(67)107)65-49-62(86)26-31-70(65)95;/h15,17-18,20-26,28-29,31,45,49,52,54-55,66-69,71,75-76,100H,8-14,16,19,27,30,32-44,46-48,50-51,53H2,1-7H3,(H7-,87,88,89,90,91,92,93,94,102,103,105,106,107,108,109,112);1H/t54-,55+,66+,67-,68-,69-,71-,75-,76-,85-;/m0./s1. The lowest BCUT2D eigenvalue weighted by atomic mass is 9.95. The molecule has 11 rings (SSSR count). The number of quaternary nitrogens is 1. The summed E-state index contributed by atoms with van der Waals surface area (Å²) < 4.78 is 35.5. The number of carbonyl (C=O) groups excluding carboxylic acids is 12. The van der Waals surface area contributed by atoms with E-state index in [1.54, 1.807) is 79.7 Å². The van der Waals surface area contributed by atoms with Crippen LogP contribution in [0.1, 0.15) is 150 Å². The van der Waals surface area contributed by atoms with Gasteiger partial charge in [-0.25, -0.2) is 4.39 Å². The van der Waals surface area contributed by atoms with Gasteiger partial charge in [-0.1, -0.05) is 73.5 Å². The third-order valence-electron chi connectivity index (χ3n) is 22.8. The number of aliphatic hydroxyl groups excluding tert-OH is 1. The minimum absolute atomic E-state index is 0. The summed E-state index contributed by atoms with van der Waals surface area (Å²) in [6.45, 7) is 6.80. The number of aromatic nitrogens is 1. The van der Waals surface area contributed by atoms with Crippen LogP contribution in [-0.2, 0) is 112 Å². The van der Waals surface area contributed by atoms with E-state index in [9.17, 15) is 33.9 Å². The van der Waals surface area contributed by atoms with E-state index in [1.807, 2.05) is 28.8 Å². The van der Waals surface area contributed by atoms with Crippen molar-refractivity contribution in [2.45, 2.75) is 222 Å². The number of nitrogens with one attached hydrogen (secondary N) is 8. The molecule has 6 aliphatic heterocycles. The van der Waals surface area contributed by atoms with Gasteiger partial charge in [0.2, 0.25) is 65.0 Å². The molecule has 2 saturated heterocycles. The van der Waals surface area contributed by atoms with Crippen molar-refractivity contribution in [3.8, 4) is 5.75 Å². The maximum atomic E-state index is 16.3. The maximum absolute atomic E-state index is 16.3. The number of unbranched alkanes of at least 4 members (excludes halogenated alkanes) is 2. The molecule has 116 heavy (non-hydrogen) atoms. The molecule has 7 heterocycles. The predicted octanol–water partition coefficient (Wildman–Crippen LogP) is 0.815. The third-order valence-corrected chi connectivity index (χ3v) is 22.8. The van der Waals surface area contributed by atoms with Crippen LogP contribution in [0.25, 0.3) is 10.9 Å². The molecule has 0 spiro atoms. The largest absolute Gasteiger partial charge is 1.00 e. The molecule has 0 unspecified atom stereocenters. The number of hydrogen-bond acceptors (Lipinski definition) is 16.